The number of benzene rings is 1. The highest BCUT2D eigenvalue weighted by Gasteiger charge is 2.22. The van der Waals surface area contributed by atoms with E-state index in [1.54, 1.807) is 12.1 Å². The van der Waals surface area contributed by atoms with Crippen molar-refractivity contribution >= 4 is 11.9 Å². The second-order valence-electron chi connectivity index (χ2n) is 5.60. The quantitative estimate of drug-likeness (QED) is 0.413. The van der Waals surface area contributed by atoms with E-state index < -0.39 is 0 Å². The maximum absolute atomic E-state index is 11.9. The number of hydrogen-bond donors (Lipinski definition) is 3. The van der Waals surface area contributed by atoms with Gasteiger partial charge in [0.25, 0.3) is 5.91 Å². The van der Waals surface area contributed by atoms with Crippen molar-refractivity contribution in [3.05, 3.63) is 35.9 Å². The van der Waals surface area contributed by atoms with Crippen LogP contribution in [0.5, 0.6) is 0 Å². The number of aliphatic imine (C=N–C) groups is 1. The maximum Gasteiger partial charge on any atom is 0.251 e. The lowest BCUT2D eigenvalue weighted by Crippen LogP contribution is -2.40. The fourth-order valence-electron chi connectivity index (χ4n) is 2.52. The van der Waals surface area contributed by atoms with Crippen molar-refractivity contribution in [2.45, 2.75) is 25.9 Å². The number of aliphatic hydroxyl groups excluding tert-OH is 1. The van der Waals surface area contributed by atoms with Crippen LogP contribution >= 0.6 is 0 Å². The minimum atomic E-state index is -0.260. The summed E-state index contributed by atoms with van der Waals surface area (Å²) < 4.78 is 0. The summed E-state index contributed by atoms with van der Waals surface area (Å²) in [6, 6.07) is 9.20. The summed E-state index contributed by atoms with van der Waals surface area (Å²) in [6.07, 6.45) is 1.31. The Bertz CT molecular complexity index is 519. The minimum absolute atomic E-state index is 0.0517. The highest BCUT2D eigenvalue weighted by molar-refractivity contribution is 5.94. The fourth-order valence-corrected chi connectivity index (χ4v) is 2.52. The van der Waals surface area contributed by atoms with Crippen LogP contribution in [0.3, 0.4) is 0 Å². The summed E-state index contributed by atoms with van der Waals surface area (Å²) in [6.45, 7) is 5.54. The zero-order valence-corrected chi connectivity index (χ0v) is 13.7. The van der Waals surface area contributed by atoms with Gasteiger partial charge in [0.1, 0.15) is 0 Å². The molecule has 1 heterocycles. The Morgan fingerprint density at radius 3 is 2.78 bits per heavy atom. The van der Waals surface area contributed by atoms with Crippen molar-refractivity contribution in [2.24, 2.45) is 4.99 Å². The molecule has 126 valence electrons. The standard InChI is InChI=1S/C17H26N4O2/c1-2-18-17(21-12-9-15(22)13-21)20-11-6-10-19-16(23)14-7-4-3-5-8-14/h3-5,7-8,15,22H,2,6,9-13H2,1H3,(H,18,20)(H,19,23)/t15-/m1/s1. The summed E-state index contributed by atoms with van der Waals surface area (Å²) in [5.74, 6) is 0.794. The Labute approximate surface area is 137 Å². The Morgan fingerprint density at radius 1 is 1.35 bits per heavy atom. The van der Waals surface area contributed by atoms with Crippen molar-refractivity contribution in [2.75, 3.05) is 32.7 Å². The summed E-state index contributed by atoms with van der Waals surface area (Å²) in [7, 11) is 0. The van der Waals surface area contributed by atoms with Crippen molar-refractivity contribution in [1.29, 1.82) is 0 Å². The van der Waals surface area contributed by atoms with E-state index in [9.17, 15) is 9.90 Å². The van der Waals surface area contributed by atoms with Crippen LogP contribution in [0.25, 0.3) is 0 Å². The summed E-state index contributed by atoms with van der Waals surface area (Å²) in [4.78, 5) is 18.5. The maximum atomic E-state index is 11.9. The van der Waals surface area contributed by atoms with Crippen LogP contribution in [0.1, 0.15) is 30.1 Å². The first-order chi connectivity index (χ1) is 11.2. The molecule has 6 nitrogen and oxygen atoms in total. The van der Waals surface area contributed by atoms with Crippen LogP contribution in [-0.2, 0) is 0 Å². The molecular weight excluding hydrogens is 292 g/mol. The Hall–Kier alpha value is -2.08. The lowest BCUT2D eigenvalue weighted by Gasteiger charge is -2.20. The van der Waals surface area contributed by atoms with E-state index in [-0.39, 0.29) is 12.0 Å². The lowest BCUT2D eigenvalue weighted by atomic mass is 10.2. The summed E-state index contributed by atoms with van der Waals surface area (Å²) in [5.41, 5.74) is 0.676. The van der Waals surface area contributed by atoms with Crippen molar-refractivity contribution in [3.63, 3.8) is 0 Å². The first kappa shape index (κ1) is 17.3. The van der Waals surface area contributed by atoms with Gasteiger partial charge >= 0.3 is 0 Å². The van der Waals surface area contributed by atoms with E-state index in [0.29, 0.717) is 25.2 Å². The van der Waals surface area contributed by atoms with E-state index in [4.69, 9.17) is 0 Å². The van der Waals surface area contributed by atoms with Gasteiger partial charge in [-0.25, -0.2) is 0 Å². The molecule has 0 radical (unpaired) electrons. The molecular formula is C17H26N4O2. The van der Waals surface area contributed by atoms with Crippen LogP contribution in [-0.4, -0.2) is 60.7 Å². The predicted molar refractivity (Wildman–Crippen MR) is 91.6 cm³/mol. The Morgan fingerprint density at radius 2 is 2.13 bits per heavy atom. The van der Waals surface area contributed by atoms with Crippen LogP contribution < -0.4 is 10.6 Å². The number of carbonyl (C=O) groups excluding carboxylic acids is 1. The van der Waals surface area contributed by atoms with Gasteiger partial charge in [0.2, 0.25) is 0 Å². The predicted octanol–water partition coefficient (Wildman–Crippen LogP) is 0.839. The molecule has 0 saturated carbocycles. The van der Waals surface area contributed by atoms with E-state index in [1.807, 2.05) is 25.1 Å². The molecule has 0 aromatic heterocycles. The normalized spacial score (nSPS) is 18.1. The summed E-state index contributed by atoms with van der Waals surface area (Å²) in [5, 5.41) is 15.8. The minimum Gasteiger partial charge on any atom is -0.391 e. The number of nitrogens with zero attached hydrogens (tertiary/aromatic N) is 2. The third kappa shape index (κ3) is 5.56. The van der Waals surface area contributed by atoms with Crippen molar-refractivity contribution in [1.82, 2.24) is 15.5 Å². The van der Waals surface area contributed by atoms with Gasteiger partial charge in [0.15, 0.2) is 5.96 Å². The van der Waals surface area contributed by atoms with Gasteiger partial charge in [0, 0.05) is 38.3 Å². The highest BCUT2D eigenvalue weighted by Crippen LogP contribution is 2.08. The molecule has 1 aliphatic rings. The second-order valence-corrected chi connectivity index (χ2v) is 5.60. The smallest absolute Gasteiger partial charge is 0.251 e. The molecule has 1 amide bonds. The van der Waals surface area contributed by atoms with Crippen LogP contribution in [0.4, 0.5) is 0 Å². The molecule has 1 saturated heterocycles. The van der Waals surface area contributed by atoms with Gasteiger partial charge in [-0.15, -0.1) is 0 Å². The summed E-state index contributed by atoms with van der Waals surface area (Å²) >= 11 is 0. The number of hydrogen-bond acceptors (Lipinski definition) is 3. The Kier molecular flexibility index (Phi) is 6.87. The zero-order chi connectivity index (χ0) is 16.5. The average Bonchev–Trinajstić information content (AvgIpc) is 3.00. The van der Waals surface area contributed by atoms with E-state index in [1.165, 1.54) is 0 Å². The highest BCUT2D eigenvalue weighted by atomic mass is 16.3. The molecule has 1 fully saturated rings. The number of guanidine groups is 1. The van der Waals surface area contributed by atoms with E-state index >= 15 is 0 Å². The number of likely N-dealkylation sites (tertiary alicyclic amines) is 1. The molecule has 2 rings (SSSR count). The van der Waals surface area contributed by atoms with Crippen LogP contribution in [0, 0.1) is 0 Å². The molecule has 3 N–H and O–H groups in total. The number of nitrogens with one attached hydrogen (secondary N) is 2. The topological polar surface area (TPSA) is 77.0 Å². The van der Waals surface area contributed by atoms with Crippen molar-refractivity contribution in [3.8, 4) is 0 Å². The zero-order valence-electron chi connectivity index (χ0n) is 13.7. The Balaban J connectivity index is 1.72. The largest absolute Gasteiger partial charge is 0.391 e. The van der Waals surface area contributed by atoms with E-state index in [0.717, 1.165) is 31.9 Å². The van der Waals surface area contributed by atoms with E-state index in [2.05, 4.69) is 20.5 Å². The number of rotatable bonds is 6. The molecule has 1 aromatic rings. The number of aliphatic hydroxyl groups is 1. The molecule has 6 heteroatoms. The molecule has 0 spiro atoms. The molecule has 1 atom stereocenters. The molecule has 23 heavy (non-hydrogen) atoms. The first-order valence-corrected chi connectivity index (χ1v) is 8.25. The number of carbonyl (C=O) groups is 1. The van der Waals surface area contributed by atoms with Crippen molar-refractivity contribution < 1.29 is 9.90 Å². The average molecular weight is 318 g/mol. The molecule has 1 aliphatic heterocycles. The first-order valence-electron chi connectivity index (χ1n) is 8.25. The van der Waals surface area contributed by atoms with Gasteiger partial charge < -0.3 is 20.6 Å². The SMILES string of the molecule is CCNC(=NCCCNC(=O)c1ccccc1)N1CC[C@@H](O)C1. The van der Waals surface area contributed by atoms with Crippen LogP contribution in [0.2, 0.25) is 0 Å². The monoisotopic (exact) mass is 318 g/mol. The number of amides is 1. The van der Waals surface area contributed by atoms with Gasteiger partial charge in [0.05, 0.1) is 6.10 Å². The molecule has 0 bridgehead atoms. The van der Waals surface area contributed by atoms with Gasteiger partial charge in [-0.05, 0) is 31.9 Å². The van der Waals surface area contributed by atoms with Crippen LogP contribution in [0.15, 0.2) is 35.3 Å². The molecule has 0 aliphatic carbocycles. The molecule has 1 aromatic carbocycles. The van der Waals surface area contributed by atoms with Gasteiger partial charge in [-0.3, -0.25) is 9.79 Å². The fraction of sp³-hybridized carbons (Fsp3) is 0.529. The van der Waals surface area contributed by atoms with Gasteiger partial charge in [-0.2, -0.15) is 0 Å². The third-order valence-corrected chi connectivity index (χ3v) is 3.72. The number of β-amino-alcohol motifs (C(OH)–C–C–N with tert-alkyl or cyclic N) is 1. The molecule has 0 unspecified atom stereocenters. The third-order valence-electron chi connectivity index (χ3n) is 3.72. The lowest BCUT2D eigenvalue weighted by molar-refractivity contribution is 0.0953. The van der Waals surface area contributed by atoms with Gasteiger partial charge in [-0.1, -0.05) is 18.2 Å². The second kappa shape index (κ2) is 9.15.